The van der Waals surface area contributed by atoms with Crippen LogP contribution in [-0.2, 0) is 13.0 Å². The van der Waals surface area contributed by atoms with Crippen LogP contribution >= 0.6 is 0 Å². The second kappa shape index (κ2) is 8.35. The van der Waals surface area contributed by atoms with Gasteiger partial charge in [0.25, 0.3) is 0 Å². The standard InChI is InChI=1S/C23H22N8/c1-16-13-22(31-21(26-16)11-12-25-31)24-15-18-9-7-17(8-10-18)14-20(23-27-29-30-28-23)19-5-3-2-4-6-19/h2-13,20,24H,14-15H2,1H3,(H,27,28,29,30). The predicted molar refractivity (Wildman–Crippen MR) is 118 cm³/mol. The van der Waals surface area contributed by atoms with E-state index in [1.165, 1.54) is 16.7 Å². The van der Waals surface area contributed by atoms with Crippen LogP contribution in [0.15, 0.2) is 72.9 Å². The van der Waals surface area contributed by atoms with Crippen molar-refractivity contribution in [2.45, 2.75) is 25.8 Å². The summed E-state index contributed by atoms with van der Waals surface area (Å²) in [6, 6.07) is 22.8. The molecule has 0 saturated heterocycles. The third kappa shape index (κ3) is 4.13. The van der Waals surface area contributed by atoms with Crippen LogP contribution in [0.4, 0.5) is 5.82 Å². The minimum absolute atomic E-state index is 0.0526. The Balaban J connectivity index is 1.31. The highest BCUT2D eigenvalue weighted by Crippen LogP contribution is 2.25. The zero-order chi connectivity index (χ0) is 21.0. The molecule has 0 aliphatic heterocycles. The zero-order valence-electron chi connectivity index (χ0n) is 17.1. The first-order chi connectivity index (χ1) is 15.3. The number of tetrazole rings is 1. The molecular weight excluding hydrogens is 388 g/mol. The third-order valence-corrected chi connectivity index (χ3v) is 5.30. The van der Waals surface area contributed by atoms with E-state index in [0.29, 0.717) is 12.4 Å². The predicted octanol–water partition coefficient (Wildman–Crippen LogP) is 3.54. The molecule has 0 radical (unpaired) electrons. The van der Waals surface area contributed by atoms with Crippen molar-refractivity contribution in [3.8, 4) is 0 Å². The maximum absolute atomic E-state index is 4.48. The molecule has 31 heavy (non-hydrogen) atoms. The van der Waals surface area contributed by atoms with E-state index in [2.05, 4.69) is 72.4 Å². The molecule has 0 aliphatic rings. The minimum Gasteiger partial charge on any atom is -0.366 e. The number of nitrogens with zero attached hydrogens (tertiary/aromatic N) is 6. The number of aromatic amines is 1. The smallest absolute Gasteiger partial charge is 0.182 e. The van der Waals surface area contributed by atoms with Gasteiger partial charge in [0.2, 0.25) is 0 Å². The Hall–Kier alpha value is -4.07. The van der Waals surface area contributed by atoms with E-state index in [1.54, 1.807) is 6.20 Å². The summed E-state index contributed by atoms with van der Waals surface area (Å²) in [6.45, 7) is 2.69. The van der Waals surface area contributed by atoms with Gasteiger partial charge in [-0.3, -0.25) is 0 Å². The Morgan fingerprint density at radius 3 is 2.58 bits per heavy atom. The fraction of sp³-hybridized carbons (Fsp3) is 0.174. The van der Waals surface area contributed by atoms with E-state index in [4.69, 9.17) is 0 Å². The van der Waals surface area contributed by atoms with Gasteiger partial charge in [0.1, 0.15) is 5.82 Å². The van der Waals surface area contributed by atoms with E-state index in [0.717, 1.165) is 23.6 Å². The first kappa shape index (κ1) is 18.9. The van der Waals surface area contributed by atoms with Gasteiger partial charge in [-0.25, -0.2) is 4.98 Å². The van der Waals surface area contributed by atoms with Crippen LogP contribution in [-0.4, -0.2) is 35.2 Å². The van der Waals surface area contributed by atoms with Crippen LogP contribution in [0, 0.1) is 6.92 Å². The number of aromatic nitrogens is 7. The van der Waals surface area contributed by atoms with Crippen molar-refractivity contribution in [1.82, 2.24) is 35.2 Å². The fourth-order valence-corrected chi connectivity index (χ4v) is 3.75. The lowest BCUT2D eigenvalue weighted by molar-refractivity contribution is 0.739. The first-order valence-electron chi connectivity index (χ1n) is 10.2. The van der Waals surface area contributed by atoms with Gasteiger partial charge in [0.15, 0.2) is 11.5 Å². The summed E-state index contributed by atoms with van der Waals surface area (Å²) in [5.74, 6) is 1.68. The van der Waals surface area contributed by atoms with Gasteiger partial charge >= 0.3 is 0 Å². The molecule has 2 aromatic carbocycles. The van der Waals surface area contributed by atoms with Gasteiger partial charge in [0.05, 0.1) is 12.1 Å². The zero-order valence-corrected chi connectivity index (χ0v) is 17.1. The Morgan fingerprint density at radius 1 is 1.00 bits per heavy atom. The number of H-pyrrole nitrogens is 1. The summed E-state index contributed by atoms with van der Waals surface area (Å²) < 4.78 is 1.82. The normalized spacial score (nSPS) is 12.2. The number of fused-ring (bicyclic) bond motifs is 1. The Morgan fingerprint density at radius 2 is 1.81 bits per heavy atom. The summed E-state index contributed by atoms with van der Waals surface area (Å²) in [7, 11) is 0. The van der Waals surface area contributed by atoms with Crippen LogP contribution < -0.4 is 5.32 Å². The highest BCUT2D eigenvalue weighted by Gasteiger charge is 2.19. The Bertz CT molecular complexity index is 1260. The molecule has 2 N–H and O–H groups in total. The molecule has 0 aliphatic carbocycles. The number of aryl methyl sites for hydroxylation is 1. The maximum Gasteiger partial charge on any atom is 0.182 e. The average Bonchev–Trinajstić information content (AvgIpc) is 3.49. The van der Waals surface area contributed by atoms with E-state index in [9.17, 15) is 0 Å². The van der Waals surface area contributed by atoms with Gasteiger partial charge in [-0.2, -0.15) is 14.8 Å². The lowest BCUT2D eigenvalue weighted by Crippen LogP contribution is -2.08. The molecular formula is C23H22N8. The molecule has 5 aromatic rings. The SMILES string of the molecule is Cc1cc(NCc2ccc(CC(c3ccccc3)c3nn[nH]n3)cc2)n2nccc2n1. The van der Waals surface area contributed by atoms with Crippen molar-refractivity contribution in [3.63, 3.8) is 0 Å². The lowest BCUT2D eigenvalue weighted by Gasteiger charge is -2.14. The van der Waals surface area contributed by atoms with Gasteiger partial charge in [-0.05, 0) is 30.0 Å². The van der Waals surface area contributed by atoms with Crippen molar-refractivity contribution in [3.05, 3.63) is 101 Å². The molecule has 0 fully saturated rings. The van der Waals surface area contributed by atoms with Crippen LogP contribution in [0.25, 0.3) is 5.65 Å². The number of anilines is 1. The maximum atomic E-state index is 4.48. The van der Waals surface area contributed by atoms with Crippen molar-refractivity contribution < 1.29 is 0 Å². The molecule has 0 spiro atoms. The molecule has 3 heterocycles. The van der Waals surface area contributed by atoms with E-state index in [1.807, 2.05) is 41.8 Å². The molecule has 5 rings (SSSR count). The van der Waals surface area contributed by atoms with E-state index in [-0.39, 0.29) is 5.92 Å². The molecule has 0 bridgehead atoms. The number of rotatable bonds is 7. The number of benzene rings is 2. The molecule has 1 atom stereocenters. The molecule has 8 nitrogen and oxygen atoms in total. The van der Waals surface area contributed by atoms with Crippen LogP contribution in [0.1, 0.15) is 34.1 Å². The third-order valence-electron chi connectivity index (χ3n) is 5.30. The van der Waals surface area contributed by atoms with Crippen molar-refractivity contribution in [2.24, 2.45) is 0 Å². The van der Waals surface area contributed by atoms with E-state index >= 15 is 0 Å². The second-order valence-electron chi connectivity index (χ2n) is 7.49. The monoisotopic (exact) mass is 410 g/mol. The molecule has 154 valence electrons. The molecule has 8 heteroatoms. The first-order valence-corrected chi connectivity index (χ1v) is 10.2. The quantitative estimate of drug-likeness (QED) is 0.426. The van der Waals surface area contributed by atoms with Crippen LogP contribution in [0.2, 0.25) is 0 Å². The van der Waals surface area contributed by atoms with Crippen LogP contribution in [0.5, 0.6) is 0 Å². The highest BCUT2D eigenvalue weighted by atomic mass is 15.5. The number of hydrogen-bond donors (Lipinski definition) is 2. The minimum atomic E-state index is 0.0526. The lowest BCUT2D eigenvalue weighted by atomic mass is 9.91. The second-order valence-corrected chi connectivity index (χ2v) is 7.49. The van der Waals surface area contributed by atoms with Crippen molar-refractivity contribution >= 4 is 11.5 Å². The van der Waals surface area contributed by atoms with Gasteiger partial charge < -0.3 is 5.32 Å². The van der Waals surface area contributed by atoms with Crippen molar-refractivity contribution in [2.75, 3.05) is 5.32 Å². The Labute approximate surface area is 179 Å². The fourth-order valence-electron chi connectivity index (χ4n) is 3.75. The largest absolute Gasteiger partial charge is 0.366 e. The summed E-state index contributed by atoms with van der Waals surface area (Å²) in [5, 5.41) is 22.6. The van der Waals surface area contributed by atoms with Gasteiger partial charge in [0, 0.05) is 24.4 Å². The number of hydrogen-bond acceptors (Lipinski definition) is 6. The van der Waals surface area contributed by atoms with Crippen LogP contribution in [0.3, 0.4) is 0 Å². The topological polar surface area (TPSA) is 96.7 Å². The van der Waals surface area contributed by atoms with Gasteiger partial charge in [-0.15, -0.1) is 10.2 Å². The average molecular weight is 410 g/mol. The highest BCUT2D eigenvalue weighted by molar-refractivity contribution is 5.49. The molecule has 3 aromatic heterocycles. The summed E-state index contributed by atoms with van der Waals surface area (Å²) in [4.78, 5) is 4.48. The summed E-state index contributed by atoms with van der Waals surface area (Å²) in [6.07, 6.45) is 2.56. The Kier molecular flexibility index (Phi) is 5.10. The number of nitrogens with one attached hydrogen (secondary N) is 2. The molecule has 0 saturated carbocycles. The van der Waals surface area contributed by atoms with Gasteiger partial charge in [-0.1, -0.05) is 59.8 Å². The molecule has 1 unspecified atom stereocenters. The van der Waals surface area contributed by atoms with E-state index < -0.39 is 0 Å². The molecule has 0 amide bonds. The van der Waals surface area contributed by atoms with Crippen molar-refractivity contribution in [1.29, 1.82) is 0 Å². The summed E-state index contributed by atoms with van der Waals surface area (Å²) in [5.41, 5.74) is 5.38. The summed E-state index contributed by atoms with van der Waals surface area (Å²) >= 11 is 0.